The van der Waals surface area contributed by atoms with Crippen LogP contribution in [0.3, 0.4) is 0 Å². The zero-order valence-corrected chi connectivity index (χ0v) is 22.1. The first-order chi connectivity index (χ1) is 17.0. The molecular weight excluding hydrogens is 534 g/mol. The normalized spacial score (nSPS) is 20.4. The zero-order valence-electron chi connectivity index (χ0n) is 20.5. The second-order valence-electron chi connectivity index (χ2n) is 9.19. The number of amides is 1. The summed E-state index contributed by atoms with van der Waals surface area (Å²) in [7, 11) is -4.00. The van der Waals surface area contributed by atoms with Crippen molar-refractivity contribution < 1.29 is 51.3 Å². The summed E-state index contributed by atoms with van der Waals surface area (Å²) in [6.07, 6.45) is 0. The highest BCUT2D eigenvalue weighted by Gasteiger charge is 2.59. The SMILES string of the molecule is CC(=O)Oc1ccc(C(=O)OCC2=C(C(=O)OC(C)(C)C)N3C(=O)[C@H](Cl)C3S(=O)(=O)C2)cc1OC(C)=O. The van der Waals surface area contributed by atoms with Crippen molar-refractivity contribution >= 4 is 51.2 Å². The van der Waals surface area contributed by atoms with Crippen molar-refractivity contribution in [3.8, 4) is 11.5 Å². The fourth-order valence-electron chi connectivity index (χ4n) is 3.60. The number of alkyl halides is 1. The van der Waals surface area contributed by atoms with Crippen LogP contribution in [-0.2, 0) is 38.5 Å². The fraction of sp³-hybridized carbons (Fsp3) is 0.435. The second-order valence-corrected chi connectivity index (χ2v) is 11.8. The minimum atomic E-state index is -4.00. The number of carbonyl (C=O) groups is 5. The molecule has 0 bridgehead atoms. The molecule has 0 aliphatic carbocycles. The number of carbonyl (C=O) groups excluding carboxylic acids is 5. The predicted octanol–water partition coefficient (Wildman–Crippen LogP) is 1.49. The van der Waals surface area contributed by atoms with Crippen LogP contribution in [0, 0.1) is 0 Å². The maximum atomic E-state index is 12.9. The molecule has 14 heteroatoms. The molecule has 0 aromatic heterocycles. The zero-order chi connectivity index (χ0) is 27.9. The van der Waals surface area contributed by atoms with Crippen molar-refractivity contribution in [1.29, 1.82) is 0 Å². The smallest absolute Gasteiger partial charge is 0.355 e. The van der Waals surface area contributed by atoms with E-state index in [2.05, 4.69) is 0 Å². The van der Waals surface area contributed by atoms with Crippen molar-refractivity contribution in [3.05, 3.63) is 35.0 Å². The van der Waals surface area contributed by atoms with E-state index >= 15 is 0 Å². The van der Waals surface area contributed by atoms with E-state index in [-0.39, 0.29) is 28.3 Å². The van der Waals surface area contributed by atoms with E-state index in [0.29, 0.717) is 0 Å². The Morgan fingerprint density at radius 3 is 2.19 bits per heavy atom. The van der Waals surface area contributed by atoms with Crippen LogP contribution in [0.4, 0.5) is 0 Å². The highest BCUT2D eigenvalue weighted by Crippen LogP contribution is 2.40. The molecule has 0 saturated carbocycles. The van der Waals surface area contributed by atoms with Crippen molar-refractivity contribution in [2.75, 3.05) is 12.4 Å². The number of rotatable bonds is 6. The van der Waals surface area contributed by atoms with Crippen molar-refractivity contribution in [2.24, 2.45) is 0 Å². The topological polar surface area (TPSA) is 160 Å². The quantitative estimate of drug-likeness (QED) is 0.216. The van der Waals surface area contributed by atoms with Gasteiger partial charge in [0, 0.05) is 19.4 Å². The molecule has 2 heterocycles. The molecule has 2 aliphatic heterocycles. The number of halogens is 1. The molecule has 3 rings (SSSR count). The largest absolute Gasteiger partial charge is 0.457 e. The van der Waals surface area contributed by atoms with Crippen LogP contribution in [0.1, 0.15) is 45.0 Å². The lowest BCUT2D eigenvalue weighted by atomic mass is 10.1. The monoisotopic (exact) mass is 557 g/mol. The average molecular weight is 558 g/mol. The molecular formula is C23H24ClNO11S. The van der Waals surface area contributed by atoms with Gasteiger partial charge in [-0.25, -0.2) is 18.0 Å². The molecule has 0 spiro atoms. The molecule has 1 amide bonds. The number of hydrogen-bond donors (Lipinski definition) is 0. The Labute approximate surface area is 217 Å². The first-order valence-electron chi connectivity index (χ1n) is 10.8. The van der Waals surface area contributed by atoms with Gasteiger partial charge in [-0.2, -0.15) is 0 Å². The van der Waals surface area contributed by atoms with E-state index < -0.39 is 68.3 Å². The van der Waals surface area contributed by atoms with E-state index in [9.17, 15) is 32.4 Å². The minimum Gasteiger partial charge on any atom is -0.457 e. The van der Waals surface area contributed by atoms with E-state index in [4.69, 9.17) is 30.5 Å². The average Bonchev–Trinajstić information content (AvgIpc) is 2.75. The number of β-lactam (4-membered cyclic amide) rings is 1. The molecule has 12 nitrogen and oxygen atoms in total. The Morgan fingerprint density at radius 1 is 1.03 bits per heavy atom. The van der Waals surface area contributed by atoms with Crippen LogP contribution >= 0.6 is 11.6 Å². The molecule has 1 saturated heterocycles. The van der Waals surface area contributed by atoms with Crippen LogP contribution in [0.5, 0.6) is 11.5 Å². The first-order valence-corrected chi connectivity index (χ1v) is 13.0. The third-order valence-corrected chi connectivity index (χ3v) is 7.50. The number of ether oxygens (including phenoxy) is 4. The summed E-state index contributed by atoms with van der Waals surface area (Å²) in [5.74, 6) is -5.24. The summed E-state index contributed by atoms with van der Waals surface area (Å²) in [4.78, 5) is 61.5. The van der Waals surface area contributed by atoms with Gasteiger partial charge in [0.1, 0.15) is 23.3 Å². The first kappa shape index (κ1) is 28.1. The van der Waals surface area contributed by atoms with Gasteiger partial charge in [0.05, 0.1) is 11.3 Å². The van der Waals surface area contributed by atoms with Gasteiger partial charge in [0.15, 0.2) is 26.7 Å². The summed E-state index contributed by atoms with van der Waals surface area (Å²) >= 11 is 5.91. The standard InChI is InChI=1S/C23H24ClNO11S/c1-11(26)34-15-7-6-13(8-16(15)35-12(2)27)21(29)33-9-14-10-37(31,32)20-17(24)19(28)25(20)18(14)22(30)36-23(3,4)5/h6-8,17,20H,9-10H2,1-5H3/t17-,20?/m0/s1. The van der Waals surface area contributed by atoms with Crippen LogP contribution in [0.15, 0.2) is 29.5 Å². The third-order valence-electron chi connectivity index (χ3n) is 4.95. The Bertz CT molecular complexity index is 1330. The van der Waals surface area contributed by atoms with Gasteiger partial charge < -0.3 is 18.9 Å². The van der Waals surface area contributed by atoms with E-state index in [1.165, 1.54) is 12.1 Å². The predicted molar refractivity (Wildman–Crippen MR) is 126 cm³/mol. The number of nitrogens with zero attached hydrogens (tertiary/aromatic N) is 1. The van der Waals surface area contributed by atoms with E-state index in [1.54, 1.807) is 20.8 Å². The van der Waals surface area contributed by atoms with E-state index in [1.807, 2.05) is 0 Å². The minimum absolute atomic E-state index is 0.120. The fourth-order valence-corrected chi connectivity index (χ4v) is 6.18. The summed E-state index contributed by atoms with van der Waals surface area (Å²) in [6.45, 7) is 6.32. The maximum Gasteiger partial charge on any atom is 0.355 e. The molecule has 2 atom stereocenters. The number of benzene rings is 1. The summed E-state index contributed by atoms with van der Waals surface area (Å²) < 4.78 is 46.0. The lowest BCUT2D eigenvalue weighted by Crippen LogP contribution is -2.68. The number of sulfone groups is 1. The third kappa shape index (κ3) is 6.10. The number of fused-ring (bicyclic) bond motifs is 1. The summed E-state index contributed by atoms with van der Waals surface area (Å²) in [5.41, 5.74) is -1.63. The van der Waals surface area contributed by atoms with Crippen LogP contribution in [-0.4, -0.2) is 71.8 Å². The Kier molecular flexibility index (Phi) is 7.70. The number of esters is 4. The van der Waals surface area contributed by atoms with Gasteiger partial charge in [0.2, 0.25) is 5.91 Å². The molecule has 200 valence electrons. The van der Waals surface area contributed by atoms with Crippen molar-refractivity contribution in [3.63, 3.8) is 0 Å². The lowest BCUT2D eigenvalue weighted by molar-refractivity contribution is -0.157. The summed E-state index contributed by atoms with van der Waals surface area (Å²) in [5, 5.41) is -2.80. The van der Waals surface area contributed by atoms with Crippen molar-refractivity contribution in [2.45, 2.75) is 51.0 Å². The molecule has 1 aromatic rings. The van der Waals surface area contributed by atoms with Crippen molar-refractivity contribution in [1.82, 2.24) is 4.90 Å². The molecule has 1 aromatic carbocycles. The highest BCUT2D eigenvalue weighted by molar-refractivity contribution is 7.92. The molecule has 1 fully saturated rings. The molecule has 0 N–H and O–H groups in total. The molecule has 1 unspecified atom stereocenters. The van der Waals surface area contributed by atoms with Gasteiger partial charge in [-0.3, -0.25) is 19.3 Å². The molecule has 0 radical (unpaired) electrons. The maximum absolute atomic E-state index is 12.9. The van der Waals surface area contributed by atoms with Crippen LogP contribution in [0.2, 0.25) is 0 Å². The van der Waals surface area contributed by atoms with Gasteiger partial charge in [-0.15, -0.1) is 11.6 Å². The molecule has 37 heavy (non-hydrogen) atoms. The Hall–Kier alpha value is -3.45. The van der Waals surface area contributed by atoms with Crippen LogP contribution in [0.25, 0.3) is 0 Å². The lowest BCUT2D eigenvalue weighted by Gasteiger charge is -2.47. The van der Waals surface area contributed by atoms with Gasteiger partial charge in [0.25, 0.3) is 0 Å². The molecule has 2 aliphatic rings. The second kappa shape index (κ2) is 10.1. The number of hydrogen-bond acceptors (Lipinski definition) is 11. The van der Waals surface area contributed by atoms with Crippen LogP contribution < -0.4 is 9.47 Å². The van der Waals surface area contributed by atoms with E-state index in [0.717, 1.165) is 24.8 Å². The summed E-state index contributed by atoms with van der Waals surface area (Å²) in [6, 6.07) is 3.52. The Morgan fingerprint density at radius 2 is 1.62 bits per heavy atom. The van der Waals surface area contributed by atoms with Gasteiger partial charge in [-0.1, -0.05) is 0 Å². The highest BCUT2D eigenvalue weighted by atomic mass is 35.5. The van der Waals surface area contributed by atoms with Gasteiger partial charge >= 0.3 is 23.9 Å². The van der Waals surface area contributed by atoms with Gasteiger partial charge in [-0.05, 0) is 39.0 Å². The Balaban J connectivity index is 1.92.